The number of benzene rings is 1. The number of carbonyl (C=O) groups is 1. The molecule has 7 nitrogen and oxygen atoms in total. The molecule has 3 rings (SSSR count). The van der Waals surface area contributed by atoms with Crippen LogP contribution in [0, 0.1) is 0 Å². The lowest BCUT2D eigenvalue weighted by molar-refractivity contribution is -0.137. The van der Waals surface area contributed by atoms with Crippen molar-refractivity contribution in [2.45, 2.75) is 18.8 Å². The Bertz CT molecular complexity index is 873. The number of aromatic nitrogens is 1. The van der Waals surface area contributed by atoms with E-state index < -0.39 is 23.8 Å². The molecule has 1 aliphatic rings. The van der Waals surface area contributed by atoms with Gasteiger partial charge in [-0.15, -0.1) is 0 Å². The molecule has 2 amide bonds. The smallest absolute Gasteiger partial charge is 0.382 e. The maximum Gasteiger partial charge on any atom is 0.416 e. The minimum absolute atomic E-state index is 0.0284. The Morgan fingerprint density at radius 3 is 2.74 bits per heavy atom. The molecule has 2 N–H and O–H groups in total. The maximum absolute atomic E-state index is 13.0. The zero-order chi connectivity index (χ0) is 22.3. The van der Waals surface area contributed by atoms with Gasteiger partial charge < -0.3 is 25.0 Å². The molecule has 1 saturated heterocycles. The van der Waals surface area contributed by atoms with Crippen LogP contribution < -0.4 is 15.5 Å². The first-order valence-electron chi connectivity index (χ1n) is 9.85. The topological polar surface area (TPSA) is 75.7 Å². The maximum atomic E-state index is 13.0. The van der Waals surface area contributed by atoms with Gasteiger partial charge in [0.05, 0.1) is 31.4 Å². The summed E-state index contributed by atoms with van der Waals surface area (Å²) in [6.45, 7) is 2.89. The van der Waals surface area contributed by atoms with E-state index in [1.54, 1.807) is 12.3 Å². The summed E-state index contributed by atoms with van der Waals surface area (Å²) in [5.41, 5.74) is 0.364. The van der Waals surface area contributed by atoms with E-state index >= 15 is 0 Å². The molecule has 0 bridgehead atoms. The van der Waals surface area contributed by atoms with Gasteiger partial charge in [-0.05, 0) is 23.8 Å². The van der Waals surface area contributed by atoms with Gasteiger partial charge in [0.1, 0.15) is 5.82 Å². The molecular formula is C21H25F3N4O3. The van der Waals surface area contributed by atoms with Gasteiger partial charge in [-0.2, -0.15) is 13.2 Å². The lowest BCUT2D eigenvalue weighted by Crippen LogP contribution is -2.40. The zero-order valence-corrected chi connectivity index (χ0v) is 17.1. The van der Waals surface area contributed by atoms with Crippen molar-refractivity contribution in [3.05, 3.63) is 59.3 Å². The molecule has 0 spiro atoms. The first kappa shape index (κ1) is 22.8. The number of amides is 2. The van der Waals surface area contributed by atoms with Gasteiger partial charge in [-0.3, -0.25) is 0 Å². The second kappa shape index (κ2) is 10.5. The average molecular weight is 438 g/mol. The minimum Gasteiger partial charge on any atom is -0.382 e. The third-order valence-corrected chi connectivity index (χ3v) is 4.87. The summed E-state index contributed by atoms with van der Waals surface area (Å²) in [6, 6.07) is 7.25. The molecule has 1 aliphatic heterocycles. The van der Waals surface area contributed by atoms with E-state index in [1.165, 1.54) is 19.2 Å². The number of pyridine rings is 1. The van der Waals surface area contributed by atoms with E-state index in [0.29, 0.717) is 31.9 Å². The van der Waals surface area contributed by atoms with Crippen LogP contribution in [0.5, 0.6) is 0 Å². The number of ether oxygens (including phenoxy) is 2. The molecule has 0 radical (unpaired) electrons. The first-order chi connectivity index (χ1) is 14.9. The van der Waals surface area contributed by atoms with Gasteiger partial charge in [0, 0.05) is 38.5 Å². The minimum atomic E-state index is -4.47. The van der Waals surface area contributed by atoms with Crippen molar-refractivity contribution in [2.24, 2.45) is 0 Å². The highest BCUT2D eigenvalue weighted by Gasteiger charge is 2.31. The summed E-state index contributed by atoms with van der Waals surface area (Å²) in [7, 11) is 1.42. The summed E-state index contributed by atoms with van der Waals surface area (Å²) < 4.78 is 49.6. The monoisotopic (exact) mass is 438 g/mol. The van der Waals surface area contributed by atoms with Crippen molar-refractivity contribution in [2.75, 3.05) is 44.9 Å². The summed E-state index contributed by atoms with van der Waals surface area (Å²) in [5.74, 6) is 0.775. The Balaban J connectivity index is 1.65. The van der Waals surface area contributed by atoms with E-state index in [4.69, 9.17) is 9.47 Å². The van der Waals surface area contributed by atoms with Crippen LogP contribution in [-0.2, 0) is 22.2 Å². The largest absolute Gasteiger partial charge is 0.416 e. The number of methoxy groups -OCH3 is 1. The number of nitrogens with one attached hydrogen (secondary N) is 2. The lowest BCUT2D eigenvalue weighted by Gasteiger charge is -2.29. The number of hydrogen-bond donors (Lipinski definition) is 2. The van der Waals surface area contributed by atoms with Crippen LogP contribution >= 0.6 is 0 Å². The van der Waals surface area contributed by atoms with Crippen molar-refractivity contribution >= 4 is 11.8 Å². The molecular weight excluding hydrogens is 413 g/mol. The number of halogens is 3. The third kappa shape index (κ3) is 6.31. The molecule has 0 saturated carbocycles. The standard InChI is InChI=1S/C21H25F3N4O3/c1-30-14-18(15-4-2-6-17(12-15)21(22,23)24)27-20(29)26-13-16-5-3-7-25-19(16)28-8-10-31-11-9-28/h2-7,12,18H,8-11,13-14H2,1H3,(H2,26,27,29). The fourth-order valence-electron chi connectivity index (χ4n) is 3.33. The Morgan fingerprint density at radius 2 is 2.03 bits per heavy atom. The predicted molar refractivity (Wildman–Crippen MR) is 109 cm³/mol. The van der Waals surface area contributed by atoms with Gasteiger partial charge in [-0.25, -0.2) is 9.78 Å². The Hall–Kier alpha value is -2.85. The van der Waals surface area contributed by atoms with Crippen LogP contribution in [-0.4, -0.2) is 51.0 Å². The molecule has 1 aromatic heterocycles. The van der Waals surface area contributed by atoms with Crippen LogP contribution in [0.3, 0.4) is 0 Å². The Labute approximate surface area is 178 Å². The van der Waals surface area contributed by atoms with E-state index in [1.807, 2.05) is 6.07 Å². The van der Waals surface area contributed by atoms with Crippen LogP contribution in [0.25, 0.3) is 0 Å². The second-order valence-electron chi connectivity index (χ2n) is 7.04. The molecule has 1 atom stereocenters. The average Bonchev–Trinajstić information content (AvgIpc) is 2.78. The Morgan fingerprint density at radius 1 is 1.26 bits per heavy atom. The molecule has 168 valence electrons. The zero-order valence-electron chi connectivity index (χ0n) is 17.1. The summed E-state index contributed by atoms with van der Waals surface area (Å²) in [5, 5.41) is 5.44. The van der Waals surface area contributed by atoms with Gasteiger partial charge in [-0.1, -0.05) is 18.2 Å². The fraction of sp³-hybridized carbons (Fsp3) is 0.429. The van der Waals surface area contributed by atoms with Crippen molar-refractivity contribution in [1.29, 1.82) is 0 Å². The molecule has 1 aromatic carbocycles. The van der Waals surface area contributed by atoms with E-state index in [0.717, 1.165) is 23.5 Å². The van der Waals surface area contributed by atoms with Crippen LogP contribution in [0.2, 0.25) is 0 Å². The number of rotatable bonds is 7. The van der Waals surface area contributed by atoms with Crippen LogP contribution in [0.4, 0.5) is 23.8 Å². The number of carbonyl (C=O) groups excluding carboxylic acids is 1. The molecule has 2 heterocycles. The van der Waals surface area contributed by atoms with Crippen LogP contribution in [0.1, 0.15) is 22.7 Å². The Kier molecular flexibility index (Phi) is 7.69. The quantitative estimate of drug-likeness (QED) is 0.695. The highest BCUT2D eigenvalue weighted by molar-refractivity contribution is 5.74. The summed E-state index contributed by atoms with van der Waals surface area (Å²) in [4.78, 5) is 19.0. The van der Waals surface area contributed by atoms with Crippen molar-refractivity contribution < 1.29 is 27.4 Å². The van der Waals surface area contributed by atoms with E-state index in [-0.39, 0.29) is 13.2 Å². The molecule has 1 fully saturated rings. The molecule has 0 aliphatic carbocycles. The van der Waals surface area contributed by atoms with Gasteiger partial charge in [0.15, 0.2) is 0 Å². The van der Waals surface area contributed by atoms with Gasteiger partial charge in [0.25, 0.3) is 0 Å². The number of alkyl halides is 3. The van der Waals surface area contributed by atoms with Crippen LogP contribution in [0.15, 0.2) is 42.6 Å². The first-order valence-corrected chi connectivity index (χ1v) is 9.85. The fourth-order valence-corrected chi connectivity index (χ4v) is 3.33. The molecule has 2 aromatic rings. The number of urea groups is 1. The second-order valence-corrected chi connectivity index (χ2v) is 7.04. The lowest BCUT2D eigenvalue weighted by atomic mass is 10.0. The number of anilines is 1. The molecule has 1 unspecified atom stereocenters. The van der Waals surface area contributed by atoms with Gasteiger partial charge >= 0.3 is 12.2 Å². The van der Waals surface area contributed by atoms with Gasteiger partial charge in [0.2, 0.25) is 0 Å². The van der Waals surface area contributed by atoms with Crippen molar-refractivity contribution in [3.63, 3.8) is 0 Å². The normalized spacial score (nSPS) is 15.4. The SMILES string of the molecule is COCC(NC(=O)NCc1cccnc1N1CCOCC1)c1cccc(C(F)(F)F)c1. The summed E-state index contributed by atoms with van der Waals surface area (Å²) >= 11 is 0. The number of morpholine rings is 1. The number of nitrogens with zero attached hydrogens (tertiary/aromatic N) is 2. The third-order valence-electron chi connectivity index (χ3n) is 4.87. The predicted octanol–water partition coefficient (Wildman–Crippen LogP) is 3.12. The highest BCUT2D eigenvalue weighted by Crippen LogP contribution is 2.30. The van der Waals surface area contributed by atoms with E-state index in [9.17, 15) is 18.0 Å². The highest BCUT2D eigenvalue weighted by atomic mass is 19.4. The molecule has 10 heteroatoms. The van der Waals surface area contributed by atoms with Crippen molar-refractivity contribution in [3.8, 4) is 0 Å². The van der Waals surface area contributed by atoms with Crippen molar-refractivity contribution in [1.82, 2.24) is 15.6 Å². The number of hydrogen-bond acceptors (Lipinski definition) is 5. The summed E-state index contributed by atoms with van der Waals surface area (Å²) in [6.07, 6.45) is -2.78. The van der Waals surface area contributed by atoms with E-state index in [2.05, 4.69) is 20.5 Å². The molecule has 31 heavy (non-hydrogen) atoms.